The van der Waals surface area contributed by atoms with Gasteiger partial charge in [-0.2, -0.15) is 0 Å². The summed E-state index contributed by atoms with van der Waals surface area (Å²) < 4.78 is 5.47. The Bertz CT molecular complexity index is 457. The molecule has 4 nitrogen and oxygen atoms in total. The Morgan fingerprint density at radius 3 is 2.25 bits per heavy atom. The highest BCUT2D eigenvalue weighted by atomic mass is 16.8. The SMILES string of the molecule is [O-]N(O)c1ccccc1Oc1ccccc1. The van der Waals surface area contributed by atoms with Crippen molar-refractivity contribution < 1.29 is 9.94 Å². The Kier molecular flexibility index (Phi) is 3.05. The van der Waals surface area contributed by atoms with Crippen LogP contribution in [0.15, 0.2) is 54.6 Å². The molecule has 0 aliphatic heterocycles. The molecule has 0 aromatic heterocycles. The van der Waals surface area contributed by atoms with Gasteiger partial charge in [0, 0.05) is 0 Å². The van der Waals surface area contributed by atoms with Crippen LogP contribution in [0.25, 0.3) is 0 Å². The molecule has 82 valence electrons. The molecule has 4 heteroatoms. The Hall–Kier alpha value is -2.04. The van der Waals surface area contributed by atoms with Crippen LogP contribution >= 0.6 is 0 Å². The van der Waals surface area contributed by atoms with Crippen LogP contribution in [0.1, 0.15) is 0 Å². The van der Waals surface area contributed by atoms with E-state index in [1.807, 2.05) is 18.2 Å². The van der Waals surface area contributed by atoms with E-state index < -0.39 is 0 Å². The lowest BCUT2D eigenvalue weighted by atomic mass is 10.3. The molecule has 0 heterocycles. The van der Waals surface area contributed by atoms with Gasteiger partial charge in [0.25, 0.3) is 0 Å². The van der Waals surface area contributed by atoms with Crippen LogP contribution in [-0.4, -0.2) is 5.21 Å². The van der Waals surface area contributed by atoms with Gasteiger partial charge in [0.05, 0.1) is 5.69 Å². The van der Waals surface area contributed by atoms with Crippen LogP contribution < -0.4 is 9.96 Å². The highest BCUT2D eigenvalue weighted by molar-refractivity contribution is 5.58. The molecule has 0 fully saturated rings. The number of para-hydroxylation sites is 3. The van der Waals surface area contributed by atoms with Crippen molar-refractivity contribution in [2.75, 3.05) is 5.23 Å². The second kappa shape index (κ2) is 4.65. The van der Waals surface area contributed by atoms with Crippen LogP contribution in [0.4, 0.5) is 5.69 Å². The van der Waals surface area contributed by atoms with Gasteiger partial charge in [0.15, 0.2) is 5.75 Å². The lowest BCUT2D eigenvalue weighted by Gasteiger charge is -2.23. The molecule has 2 aromatic rings. The maximum absolute atomic E-state index is 10.8. The third-order valence-electron chi connectivity index (χ3n) is 2.04. The first-order valence-corrected chi connectivity index (χ1v) is 4.75. The molecular weight excluding hydrogens is 206 g/mol. The zero-order valence-corrected chi connectivity index (χ0v) is 8.41. The molecule has 2 aromatic carbocycles. The number of hydrogen-bond donors (Lipinski definition) is 1. The lowest BCUT2D eigenvalue weighted by molar-refractivity contribution is 0.292. The molecular formula is C12H10NO3-. The summed E-state index contributed by atoms with van der Waals surface area (Å²) in [5.41, 5.74) is 0.0753. The predicted molar refractivity (Wildman–Crippen MR) is 60.6 cm³/mol. The van der Waals surface area contributed by atoms with E-state index in [0.29, 0.717) is 11.5 Å². The van der Waals surface area contributed by atoms with Gasteiger partial charge in [-0.15, -0.1) is 0 Å². The van der Waals surface area contributed by atoms with Crippen LogP contribution in [0.5, 0.6) is 11.5 Å². The smallest absolute Gasteiger partial charge is 0.152 e. The predicted octanol–water partition coefficient (Wildman–Crippen LogP) is 3.17. The van der Waals surface area contributed by atoms with E-state index >= 15 is 0 Å². The number of hydrogen-bond acceptors (Lipinski definition) is 4. The summed E-state index contributed by atoms with van der Waals surface area (Å²) in [5, 5.41) is 19.5. The first-order valence-electron chi connectivity index (χ1n) is 4.75. The van der Waals surface area contributed by atoms with Crippen LogP contribution in [0.2, 0.25) is 0 Å². The van der Waals surface area contributed by atoms with E-state index in [9.17, 15) is 5.21 Å². The second-order valence-corrected chi connectivity index (χ2v) is 3.16. The Labute approximate surface area is 92.9 Å². The normalized spacial score (nSPS) is 9.88. The first kappa shape index (κ1) is 10.5. The third-order valence-corrected chi connectivity index (χ3v) is 2.04. The molecule has 1 N–H and O–H groups in total. The second-order valence-electron chi connectivity index (χ2n) is 3.16. The van der Waals surface area contributed by atoms with Crippen molar-refractivity contribution >= 4 is 5.69 Å². The van der Waals surface area contributed by atoms with Gasteiger partial charge in [0.2, 0.25) is 0 Å². The first-order chi connectivity index (χ1) is 7.77. The zero-order chi connectivity index (χ0) is 11.4. The Balaban J connectivity index is 2.28. The van der Waals surface area contributed by atoms with Crippen molar-refractivity contribution in [3.8, 4) is 11.5 Å². The molecule has 0 spiro atoms. The van der Waals surface area contributed by atoms with Crippen molar-refractivity contribution in [2.24, 2.45) is 0 Å². The van der Waals surface area contributed by atoms with E-state index in [2.05, 4.69) is 0 Å². The van der Waals surface area contributed by atoms with E-state index in [1.165, 1.54) is 6.07 Å². The highest BCUT2D eigenvalue weighted by Crippen LogP contribution is 2.30. The van der Waals surface area contributed by atoms with Gasteiger partial charge >= 0.3 is 0 Å². The third kappa shape index (κ3) is 2.31. The highest BCUT2D eigenvalue weighted by Gasteiger charge is 2.03. The zero-order valence-electron chi connectivity index (χ0n) is 8.41. The van der Waals surface area contributed by atoms with Crippen molar-refractivity contribution in [2.45, 2.75) is 0 Å². The largest absolute Gasteiger partial charge is 0.733 e. The topological polar surface area (TPSA) is 55.8 Å². The van der Waals surface area contributed by atoms with E-state index in [1.54, 1.807) is 30.3 Å². The molecule has 0 amide bonds. The van der Waals surface area contributed by atoms with Gasteiger partial charge in [-0.1, -0.05) is 30.3 Å². The number of nitrogens with zero attached hydrogens (tertiary/aromatic N) is 1. The number of ether oxygens (including phenoxy) is 1. The fraction of sp³-hybridized carbons (Fsp3) is 0. The van der Waals surface area contributed by atoms with E-state index in [4.69, 9.17) is 9.94 Å². The number of anilines is 1. The Morgan fingerprint density at radius 1 is 0.938 bits per heavy atom. The number of benzene rings is 2. The average Bonchev–Trinajstić information content (AvgIpc) is 2.31. The minimum Gasteiger partial charge on any atom is -0.733 e. The molecule has 0 aliphatic rings. The van der Waals surface area contributed by atoms with Crippen molar-refractivity contribution in [3.63, 3.8) is 0 Å². The summed E-state index contributed by atoms with van der Waals surface area (Å²) in [6.45, 7) is 0. The van der Waals surface area contributed by atoms with Crippen molar-refractivity contribution in [3.05, 3.63) is 59.8 Å². The molecule has 2 rings (SSSR count). The van der Waals surface area contributed by atoms with Gasteiger partial charge in [-0.05, 0) is 24.3 Å². The van der Waals surface area contributed by atoms with Gasteiger partial charge in [-0.3, -0.25) is 5.21 Å². The van der Waals surface area contributed by atoms with E-state index in [-0.39, 0.29) is 10.9 Å². The minimum absolute atomic E-state index is 0.0753. The monoisotopic (exact) mass is 216 g/mol. The molecule has 0 saturated heterocycles. The van der Waals surface area contributed by atoms with Gasteiger partial charge in [-0.25, -0.2) is 0 Å². The molecule has 0 radical (unpaired) electrons. The summed E-state index contributed by atoms with van der Waals surface area (Å²) in [4.78, 5) is 0. The molecule has 0 atom stereocenters. The maximum atomic E-state index is 10.8. The molecule has 0 aliphatic carbocycles. The summed E-state index contributed by atoms with van der Waals surface area (Å²) >= 11 is 0. The van der Waals surface area contributed by atoms with Crippen LogP contribution in [-0.2, 0) is 0 Å². The summed E-state index contributed by atoms with van der Waals surface area (Å²) in [7, 11) is 0. The fourth-order valence-corrected chi connectivity index (χ4v) is 1.32. The van der Waals surface area contributed by atoms with Crippen LogP contribution in [0.3, 0.4) is 0 Å². The summed E-state index contributed by atoms with van der Waals surface area (Å²) in [5.74, 6) is 0.919. The Morgan fingerprint density at radius 2 is 1.56 bits per heavy atom. The number of rotatable bonds is 3. The molecule has 0 bridgehead atoms. The van der Waals surface area contributed by atoms with Crippen molar-refractivity contribution in [1.82, 2.24) is 0 Å². The summed E-state index contributed by atoms with van der Waals surface area (Å²) in [6.07, 6.45) is 0. The summed E-state index contributed by atoms with van der Waals surface area (Å²) in [6, 6.07) is 15.5. The standard InChI is InChI=1S/C12H10NO3/c14-13(15)11-8-4-5-9-12(11)16-10-6-2-1-3-7-10/h1-9,14H/q-1. The van der Waals surface area contributed by atoms with Gasteiger partial charge in [0.1, 0.15) is 5.75 Å². The van der Waals surface area contributed by atoms with E-state index in [0.717, 1.165) is 0 Å². The minimum atomic E-state index is -0.210. The average molecular weight is 216 g/mol. The van der Waals surface area contributed by atoms with Crippen LogP contribution in [0, 0.1) is 5.21 Å². The molecule has 16 heavy (non-hydrogen) atoms. The quantitative estimate of drug-likeness (QED) is 0.800. The lowest BCUT2D eigenvalue weighted by Crippen LogP contribution is -2.08. The maximum Gasteiger partial charge on any atom is 0.152 e. The molecule has 0 saturated carbocycles. The molecule has 0 unspecified atom stereocenters. The van der Waals surface area contributed by atoms with Gasteiger partial charge < -0.3 is 15.2 Å². The van der Waals surface area contributed by atoms with Crippen molar-refractivity contribution in [1.29, 1.82) is 0 Å². The fourth-order valence-electron chi connectivity index (χ4n) is 1.32.